The van der Waals surface area contributed by atoms with Crippen LogP contribution in [0, 0.1) is 5.82 Å². The molecule has 0 aliphatic carbocycles. The Kier molecular flexibility index (Phi) is 4.69. The van der Waals surface area contributed by atoms with E-state index in [1.54, 1.807) is 18.2 Å². The Hall–Kier alpha value is -3.29. The topological polar surface area (TPSA) is 83.9 Å². The number of carbonyl (C=O) groups is 2. The second kappa shape index (κ2) is 7.08. The predicted molar refractivity (Wildman–Crippen MR) is 88.8 cm³/mol. The number of amides is 2. The summed E-state index contributed by atoms with van der Waals surface area (Å²) in [6.07, 6.45) is 1.97. The van der Waals surface area contributed by atoms with Gasteiger partial charge in [0.2, 0.25) is 11.8 Å². The average Bonchev–Trinajstić information content (AvgIpc) is 2.59. The zero-order chi connectivity index (χ0) is 17.8. The van der Waals surface area contributed by atoms with Crippen molar-refractivity contribution in [2.24, 2.45) is 5.10 Å². The van der Waals surface area contributed by atoms with Crippen LogP contribution in [-0.4, -0.2) is 34.6 Å². The Bertz CT molecular complexity index is 836. The fourth-order valence-electron chi connectivity index (χ4n) is 2.20. The van der Waals surface area contributed by atoms with Crippen LogP contribution in [0.5, 0.6) is 11.6 Å². The largest absolute Gasteiger partial charge is 0.439 e. The van der Waals surface area contributed by atoms with E-state index in [0.717, 1.165) is 5.01 Å². The molecule has 7 nitrogen and oxygen atoms in total. The number of rotatable bonds is 4. The molecule has 25 heavy (non-hydrogen) atoms. The molecule has 0 atom stereocenters. The number of halogens is 1. The number of nitrogens with one attached hydrogen (secondary N) is 1. The van der Waals surface area contributed by atoms with Crippen molar-refractivity contribution < 1.29 is 18.7 Å². The van der Waals surface area contributed by atoms with Crippen LogP contribution >= 0.6 is 0 Å². The van der Waals surface area contributed by atoms with Crippen molar-refractivity contribution in [2.75, 3.05) is 12.4 Å². The van der Waals surface area contributed by atoms with Gasteiger partial charge in [0.15, 0.2) is 0 Å². The van der Waals surface area contributed by atoms with E-state index in [1.165, 1.54) is 31.4 Å². The van der Waals surface area contributed by atoms with E-state index in [2.05, 4.69) is 15.4 Å². The van der Waals surface area contributed by atoms with Crippen LogP contribution in [0.4, 0.5) is 10.1 Å². The van der Waals surface area contributed by atoms with E-state index in [1.807, 2.05) is 0 Å². The molecule has 2 aromatic rings. The van der Waals surface area contributed by atoms with Crippen molar-refractivity contribution in [3.8, 4) is 11.6 Å². The van der Waals surface area contributed by atoms with Gasteiger partial charge in [-0.15, -0.1) is 0 Å². The first kappa shape index (κ1) is 16.6. The summed E-state index contributed by atoms with van der Waals surface area (Å²) in [6, 6.07) is 8.87. The Balaban J connectivity index is 1.63. The van der Waals surface area contributed by atoms with Gasteiger partial charge in [-0.3, -0.25) is 9.59 Å². The molecule has 0 unspecified atom stereocenters. The zero-order valence-electron chi connectivity index (χ0n) is 13.4. The van der Waals surface area contributed by atoms with Crippen molar-refractivity contribution in [3.63, 3.8) is 0 Å². The molecule has 1 aromatic carbocycles. The van der Waals surface area contributed by atoms with Gasteiger partial charge in [-0.25, -0.2) is 14.4 Å². The number of nitrogens with zero attached hydrogens (tertiary/aromatic N) is 3. The summed E-state index contributed by atoms with van der Waals surface area (Å²) in [6.45, 7) is 0. The molecule has 0 saturated heterocycles. The van der Waals surface area contributed by atoms with Crippen LogP contribution in [0.3, 0.4) is 0 Å². The number of ether oxygens (including phenoxy) is 1. The highest BCUT2D eigenvalue weighted by molar-refractivity contribution is 6.43. The average molecular weight is 342 g/mol. The maximum absolute atomic E-state index is 13.1. The molecule has 2 heterocycles. The molecule has 2 amide bonds. The number of benzene rings is 1. The highest BCUT2D eigenvalue weighted by Crippen LogP contribution is 2.21. The number of hydrogen-bond donors (Lipinski definition) is 1. The molecule has 1 aliphatic heterocycles. The summed E-state index contributed by atoms with van der Waals surface area (Å²) in [5.41, 5.74) is 0.737. The Labute approximate surface area is 143 Å². The van der Waals surface area contributed by atoms with Gasteiger partial charge in [-0.2, -0.15) is 5.10 Å². The summed E-state index contributed by atoms with van der Waals surface area (Å²) >= 11 is 0. The molecule has 0 saturated carbocycles. The van der Waals surface area contributed by atoms with Gasteiger partial charge in [0.1, 0.15) is 17.3 Å². The number of anilines is 1. The highest BCUT2D eigenvalue weighted by atomic mass is 19.1. The third-order valence-electron chi connectivity index (χ3n) is 3.48. The Morgan fingerprint density at radius 1 is 1.28 bits per heavy atom. The monoisotopic (exact) mass is 342 g/mol. The zero-order valence-corrected chi connectivity index (χ0v) is 13.4. The van der Waals surface area contributed by atoms with Crippen LogP contribution in [0.2, 0.25) is 0 Å². The molecule has 0 fully saturated rings. The van der Waals surface area contributed by atoms with Crippen molar-refractivity contribution in [3.05, 3.63) is 48.4 Å². The van der Waals surface area contributed by atoms with E-state index in [-0.39, 0.29) is 29.8 Å². The second-order valence-electron chi connectivity index (χ2n) is 5.36. The number of carbonyl (C=O) groups excluding carboxylic acids is 2. The molecule has 0 bridgehead atoms. The fourth-order valence-corrected chi connectivity index (χ4v) is 2.20. The lowest BCUT2D eigenvalue weighted by Crippen LogP contribution is -2.34. The molecule has 1 aliphatic rings. The number of aromatic nitrogens is 1. The van der Waals surface area contributed by atoms with Gasteiger partial charge < -0.3 is 10.1 Å². The number of hydrogen-bond acceptors (Lipinski definition) is 5. The van der Waals surface area contributed by atoms with E-state index >= 15 is 0 Å². The summed E-state index contributed by atoms with van der Waals surface area (Å²) < 4.78 is 18.6. The SMILES string of the molecule is CN1N=C(C(=O)Nc2ccc(Oc3cccc(F)c3)nc2)CCC1=O. The summed E-state index contributed by atoms with van der Waals surface area (Å²) in [5, 5.41) is 7.77. The first-order chi connectivity index (χ1) is 12.0. The van der Waals surface area contributed by atoms with Crippen LogP contribution in [0.15, 0.2) is 47.7 Å². The summed E-state index contributed by atoms with van der Waals surface area (Å²) in [5.74, 6) is -0.326. The van der Waals surface area contributed by atoms with E-state index in [0.29, 0.717) is 17.9 Å². The molecule has 3 rings (SSSR count). The van der Waals surface area contributed by atoms with E-state index in [4.69, 9.17) is 4.74 Å². The summed E-state index contributed by atoms with van der Waals surface area (Å²) in [4.78, 5) is 27.6. The lowest BCUT2D eigenvalue weighted by atomic mass is 10.1. The van der Waals surface area contributed by atoms with E-state index in [9.17, 15) is 14.0 Å². The summed E-state index contributed by atoms with van der Waals surface area (Å²) in [7, 11) is 1.51. The van der Waals surface area contributed by atoms with Gasteiger partial charge >= 0.3 is 0 Å². The fraction of sp³-hybridized carbons (Fsp3) is 0.176. The normalized spacial score (nSPS) is 14.1. The van der Waals surface area contributed by atoms with Crippen LogP contribution in [0.25, 0.3) is 0 Å². The van der Waals surface area contributed by atoms with Gasteiger partial charge in [0.05, 0.1) is 11.9 Å². The van der Waals surface area contributed by atoms with E-state index < -0.39 is 5.82 Å². The molecule has 0 spiro atoms. The second-order valence-corrected chi connectivity index (χ2v) is 5.36. The van der Waals surface area contributed by atoms with Gasteiger partial charge in [-0.1, -0.05) is 6.07 Å². The molecular weight excluding hydrogens is 327 g/mol. The standard InChI is InChI=1S/C17H15FN4O3/c1-22-16(23)8-6-14(21-22)17(24)20-12-5-7-15(19-10-12)25-13-4-2-3-11(18)9-13/h2-5,7,9-10H,6,8H2,1H3,(H,20,24). The minimum absolute atomic E-state index is 0.128. The Morgan fingerprint density at radius 2 is 2.12 bits per heavy atom. The maximum Gasteiger partial charge on any atom is 0.271 e. The van der Waals surface area contributed by atoms with Crippen LogP contribution in [-0.2, 0) is 9.59 Å². The minimum Gasteiger partial charge on any atom is -0.439 e. The highest BCUT2D eigenvalue weighted by Gasteiger charge is 2.22. The number of pyridine rings is 1. The smallest absolute Gasteiger partial charge is 0.271 e. The van der Waals surface area contributed by atoms with Gasteiger partial charge in [0, 0.05) is 32.0 Å². The quantitative estimate of drug-likeness (QED) is 0.925. The Morgan fingerprint density at radius 3 is 2.80 bits per heavy atom. The lowest BCUT2D eigenvalue weighted by molar-refractivity contribution is -0.130. The molecule has 0 radical (unpaired) electrons. The van der Waals surface area contributed by atoms with Crippen molar-refractivity contribution >= 4 is 23.2 Å². The van der Waals surface area contributed by atoms with Gasteiger partial charge in [-0.05, 0) is 18.2 Å². The van der Waals surface area contributed by atoms with Gasteiger partial charge in [0.25, 0.3) is 5.91 Å². The lowest BCUT2D eigenvalue weighted by Gasteiger charge is -2.18. The predicted octanol–water partition coefficient (Wildman–Crippen LogP) is 2.56. The molecule has 128 valence electrons. The number of hydrazone groups is 1. The maximum atomic E-state index is 13.1. The third-order valence-corrected chi connectivity index (χ3v) is 3.48. The molecular formula is C17H15FN4O3. The first-order valence-corrected chi connectivity index (χ1v) is 7.56. The molecule has 1 aromatic heterocycles. The first-order valence-electron chi connectivity index (χ1n) is 7.56. The van der Waals surface area contributed by atoms with Crippen molar-refractivity contribution in [1.82, 2.24) is 9.99 Å². The van der Waals surface area contributed by atoms with Crippen molar-refractivity contribution in [2.45, 2.75) is 12.8 Å². The molecule has 8 heteroatoms. The van der Waals surface area contributed by atoms with Crippen LogP contribution in [0.1, 0.15) is 12.8 Å². The molecule has 1 N–H and O–H groups in total. The third kappa shape index (κ3) is 4.17. The van der Waals surface area contributed by atoms with Crippen molar-refractivity contribution in [1.29, 1.82) is 0 Å². The van der Waals surface area contributed by atoms with Crippen LogP contribution < -0.4 is 10.1 Å². The minimum atomic E-state index is -0.405.